The lowest BCUT2D eigenvalue weighted by Crippen LogP contribution is -2.15. The molecule has 0 amide bonds. The Morgan fingerprint density at radius 1 is 0.463 bits per heavy atom. The number of nitrogens with zero attached hydrogens (tertiary/aromatic N) is 2. The van der Waals surface area contributed by atoms with Crippen molar-refractivity contribution in [3.8, 4) is 33.7 Å². The predicted molar refractivity (Wildman–Crippen MR) is 222 cm³/mol. The third-order valence-electron chi connectivity index (χ3n) is 11.3. The van der Waals surface area contributed by atoms with Crippen molar-refractivity contribution in [1.82, 2.24) is 4.98 Å². The maximum atomic E-state index is 6.40. The molecule has 4 heteroatoms. The number of para-hydroxylation sites is 1. The highest BCUT2D eigenvalue weighted by Gasteiger charge is 2.35. The van der Waals surface area contributed by atoms with E-state index in [4.69, 9.17) is 13.8 Å². The van der Waals surface area contributed by atoms with Crippen LogP contribution in [0.2, 0.25) is 0 Å². The number of oxazole rings is 1. The van der Waals surface area contributed by atoms with Gasteiger partial charge in [-0.25, -0.2) is 4.98 Å². The molecule has 0 fully saturated rings. The molecule has 0 unspecified atom stereocenters. The molecule has 54 heavy (non-hydrogen) atoms. The highest BCUT2D eigenvalue weighted by Crippen LogP contribution is 2.51. The summed E-state index contributed by atoms with van der Waals surface area (Å²) in [4.78, 5) is 7.16. The lowest BCUT2D eigenvalue weighted by atomic mass is 9.82. The van der Waals surface area contributed by atoms with Crippen molar-refractivity contribution < 1.29 is 8.83 Å². The van der Waals surface area contributed by atoms with Crippen molar-refractivity contribution in [2.45, 2.75) is 19.3 Å². The third kappa shape index (κ3) is 4.66. The lowest BCUT2D eigenvalue weighted by molar-refractivity contribution is 0.623. The van der Waals surface area contributed by atoms with Crippen LogP contribution in [-0.4, -0.2) is 4.98 Å². The second-order valence-corrected chi connectivity index (χ2v) is 14.8. The van der Waals surface area contributed by atoms with Gasteiger partial charge in [0.1, 0.15) is 16.7 Å². The van der Waals surface area contributed by atoms with Gasteiger partial charge in [-0.15, -0.1) is 0 Å². The van der Waals surface area contributed by atoms with Gasteiger partial charge < -0.3 is 13.7 Å². The molecule has 8 aromatic carbocycles. The fourth-order valence-electron chi connectivity index (χ4n) is 8.54. The first-order valence-corrected chi connectivity index (χ1v) is 18.4. The summed E-state index contributed by atoms with van der Waals surface area (Å²) in [5.41, 5.74) is 15.1. The van der Waals surface area contributed by atoms with E-state index < -0.39 is 0 Å². The molecule has 0 bridgehead atoms. The molecule has 0 saturated heterocycles. The van der Waals surface area contributed by atoms with Gasteiger partial charge in [-0.3, -0.25) is 0 Å². The first-order chi connectivity index (χ1) is 26.5. The predicted octanol–water partition coefficient (Wildman–Crippen LogP) is 14.0. The minimum absolute atomic E-state index is 0.0651. The number of anilines is 3. The zero-order chi connectivity index (χ0) is 36.0. The van der Waals surface area contributed by atoms with Crippen molar-refractivity contribution in [2.75, 3.05) is 4.90 Å². The Kier molecular flexibility index (Phi) is 6.56. The Bertz CT molecular complexity index is 3080. The second kappa shape index (κ2) is 11.5. The van der Waals surface area contributed by atoms with Gasteiger partial charge in [0.15, 0.2) is 5.58 Å². The van der Waals surface area contributed by atoms with Crippen LogP contribution < -0.4 is 4.90 Å². The summed E-state index contributed by atoms with van der Waals surface area (Å²) >= 11 is 0. The molecule has 11 rings (SSSR count). The van der Waals surface area contributed by atoms with Crippen molar-refractivity contribution in [3.05, 3.63) is 181 Å². The summed E-state index contributed by atoms with van der Waals surface area (Å²) in [6.45, 7) is 4.65. The zero-order valence-electron chi connectivity index (χ0n) is 29.9. The highest BCUT2D eigenvalue weighted by molar-refractivity contribution is 6.07. The number of furan rings is 1. The molecule has 10 aromatic rings. The number of fused-ring (bicyclic) bond motifs is 9. The van der Waals surface area contributed by atoms with Crippen LogP contribution in [0.1, 0.15) is 25.0 Å². The molecule has 0 spiro atoms. The molecule has 4 nitrogen and oxygen atoms in total. The number of benzene rings is 8. The van der Waals surface area contributed by atoms with Gasteiger partial charge >= 0.3 is 0 Å². The van der Waals surface area contributed by atoms with E-state index in [1.54, 1.807) is 0 Å². The van der Waals surface area contributed by atoms with Gasteiger partial charge in [-0.2, -0.15) is 0 Å². The van der Waals surface area contributed by atoms with Crippen molar-refractivity contribution in [1.29, 1.82) is 0 Å². The van der Waals surface area contributed by atoms with Gasteiger partial charge in [-0.05, 0) is 105 Å². The molecule has 0 saturated carbocycles. The highest BCUT2D eigenvalue weighted by atomic mass is 16.3. The van der Waals surface area contributed by atoms with E-state index in [0.29, 0.717) is 5.89 Å². The first-order valence-electron chi connectivity index (χ1n) is 18.4. The van der Waals surface area contributed by atoms with Gasteiger partial charge in [0.25, 0.3) is 0 Å². The summed E-state index contributed by atoms with van der Waals surface area (Å²) in [6.07, 6.45) is 0. The maximum absolute atomic E-state index is 6.40. The van der Waals surface area contributed by atoms with E-state index in [1.165, 1.54) is 22.3 Å². The Morgan fingerprint density at radius 3 is 2.04 bits per heavy atom. The Labute approximate surface area is 312 Å². The van der Waals surface area contributed by atoms with E-state index in [-0.39, 0.29) is 5.41 Å². The fourth-order valence-corrected chi connectivity index (χ4v) is 8.54. The van der Waals surface area contributed by atoms with E-state index in [2.05, 4.69) is 140 Å². The smallest absolute Gasteiger partial charge is 0.227 e. The Hall–Kier alpha value is -6.91. The van der Waals surface area contributed by atoms with Crippen LogP contribution in [0.4, 0.5) is 17.1 Å². The standard InChI is InChI=1S/C50H34N2O2/c1-50(2)43-14-8-6-12-38(43)42-29-36(24-26-44(42)50)52(37-23-25-40-39-13-7-9-15-46(39)53-47(40)30-37)35-21-18-31(19-22-35)34-17-16-32-20-27-45-48(41(32)28-34)54-49(51-45)33-10-4-3-5-11-33/h3-30H,1-2H3. The molecular weight excluding hydrogens is 661 g/mol. The normalized spacial score (nSPS) is 13.1. The quantitative estimate of drug-likeness (QED) is 0.180. The van der Waals surface area contributed by atoms with Gasteiger partial charge in [0, 0.05) is 50.3 Å². The molecule has 0 radical (unpaired) electrons. The van der Waals surface area contributed by atoms with E-state index in [1.807, 2.05) is 48.5 Å². The van der Waals surface area contributed by atoms with Gasteiger partial charge in [-0.1, -0.05) is 111 Å². The van der Waals surface area contributed by atoms with Crippen LogP contribution >= 0.6 is 0 Å². The molecule has 256 valence electrons. The van der Waals surface area contributed by atoms with Crippen molar-refractivity contribution in [3.63, 3.8) is 0 Å². The van der Waals surface area contributed by atoms with Crippen LogP contribution in [0.3, 0.4) is 0 Å². The summed E-state index contributed by atoms with van der Waals surface area (Å²) in [7, 11) is 0. The fraction of sp³-hybridized carbons (Fsp3) is 0.0600. The number of rotatable bonds is 5. The lowest BCUT2D eigenvalue weighted by Gasteiger charge is -2.27. The summed E-state index contributed by atoms with van der Waals surface area (Å²) in [6, 6.07) is 60.2. The number of hydrogen-bond acceptors (Lipinski definition) is 4. The van der Waals surface area contributed by atoms with Crippen LogP contribution in [0.15, 0.2) is 179 Å². The molecule has 1 aliphatic rings. The Morgan fingerprint density at radius 2 is 1.15 bits per heavy atom. The van der Waals surface area contributed by atoms with E-state index >= 15 is 0 Å². The van der Waals surface area contributed by atoms with Crippen LogP contribution in [0.5, 0.6) is 0 Å². The number of hydrogen-bond donors (Lipinski definition) is 0. The van der Waals surface area contributed by atoms with Crippen molar-refractivity contribution in [2.24, 2.45) is 0 Å². The van der Waals surface area contributed by atoms with Crippen LogP contribution in [0, 0.1) is 0 Å². The summed E-state index contributed by atoms with van der Waals surface area (Å²) < 4.78 is 12.8. The van der Waals surface area contributed by atoms with Crippen LogP contribution in [0.25, 0.3) is 77.5 Å². The minimum Gasteiger partial charge on any atom is -0.456 e. The summed E-state index contributed by atoms with van der Waals surface area (Å²) in [5.74, 6) is 0.632. The van der Waals surface area contributed by atoms with Gasteiger partial charge in [0.05, 0.1) is 0 Å². The summed E-state index contributed by atoms with van der Waals surface area (Å²) in [5, 5.41) is 4.40. The topological polar surface area (TPSA) is 42.4 Å². The van der Waals surface area contributed by atoms with Crippen molar-refractivity contribution >= 4 is 60.9 Å². The molecule has 0 N–H and O–H groups in total. The average molecular weight is 695 g/mol. The third-order valence-corrected chi connectivity index (χ3v) is 11.3. The van der Waals surface area contributed by atoms with Crippen LogP contribution in [-0.2, 0) is 5.41 Å². The minimum atomic E-state index is -0.0651. The number of aromatic nitrogens is 1. The molecule has 0 aliphatic heterocycles. The largest absolute Gasteiger partial charge is 0.456 e. The second-order valence-electron chi connectivity index (χ2n) is 14.8. The van der Waals surface area contributed by atoms with E-state index in [9.17, 15) is 0 Å². The Balaban J connectivity index is 1.03. The maximum Gasteiger partial charge on any atom is 0.227 e. The van der Waals surface area contributed by atoms with Gasteiger partial charge in [0.2, 0.25) is 5.89 Å². The SMILES string of the molecule is CC1(C)c2ccccc2-c2cc(N(c3ccc(-c4ccc5ccc6nc(-c7ccccc7)oc6c5c4)cc3)c3ccc4c(c3)oc3ccccc34)ccc21. The molecular formula is C50H34N2O2. The van der Waals surface area contributed by atoms with E-state index in [0.717, 1.165) is 77.6 Å². The molecule has 1 aliphatic carbocycles. The molecule has 0 atom stereocenters. The molecule has 2 heterocycles. The average Bonchev–Trinajstić information content (AvgIpc) is 3.89. The first kappa shape index (κ1) is 30.7. The zero-order valence-corrected chi connectivity index (χ0v) is 29.9. The monoisotopic (exact) mass is 694 g/mol. The molecule has 2 aromatic heterocycles.